The van der Waals surface area contributed by atoms with Crippen LogP contribution in [0.5, 0.6) is 0 Å². The Balaban J connectivity index is 1.86. The number of rotatable bonds is 3. The maximum absolute atomic E-state index is 13.2. The zero-order valence-electron chi connectivity index (χ0n) is 13.6. The van der Waals surface area contributed by atoms with Crippen molar-refractivity contribution in [3.8, 4) is 0 Å². The van der Waals surface area contributed by atoms with Crippen molar-refractivity contribution in [2.75, 3.05) is 19.6 Å². The Hall–Kier alpha value is -2.10. The van der Waals surface area contributed by atoms with Gasteiger partial charge >= 0.3 is 6.18 Å². The van der Waals surface area contributed by atoms with Gasteiger partial charge < -0.3 is 16.0 Å². The van der Waals surface area contributed by atoms with Crippen LogP contribution in [0.1, 0.15) is 29.8 Å². The Bertz CT molecular complexity index is 685. The average molecular weight is 359 g/mol. The minimum Gasteiger partial charge on any atom is -0.368 e. The number of nitrogens with two attached hydrogens (primary N) is 1. The standard InChI is InChI=1S/C15H20F3N5O2/c16-15(17,18)13-9-3-1-2-4-10(9)23(21-13)8-12(24)22-6-5-20-7-11(22)14(19)25/h11,20H,1-8H2,(H2,19,25). The van der Waals surface area contributed by atoms with Crippen LogP contribution in [0, 0.1) is 0 Å². The fourth-order valence-electron chi connectivity index (χ4n) is 3.51. The Morgan fingerprint density at radius 2 is 2.00 bits per heavy atom. The van der Waals surface area contributed by atoms with Crippen LogP contribution < -0.4 is 11.1 Å². The summed E-state index contributed by atoms with van der Waals surface area (Å²) in [6.45, 7) is 0.705. The largest absolute Gasteiger partial charge is 0.435 e. The summed E-state index contributed by atoms with van der Waals surface area (Å²) >= 11 is 0. The molecule has 1 aliphatic heterocycles. The van der Waals surface area contributed by atoms with Crippen molar-refractivity contribution in [1.29, 1.82) is 0 Å². The topological polar surface area (TPSA) is 93.3 Å². The Morgan fingerprint density at radius 3 is 2.68 bits per heavy atom. The average Bonchev–Trinajstić information content (AvgIpc) is 2.94. The molecule has 3 N–H and O–H groups in total. The maximum atomic E-state index is 13.2. The highest BCUT2D eigenvalue weighted by molar-refractivity contribution is 5.87. The molecule has 7 nitrogen and oxygen atoms in total. The summed E-state index contributed by atoms with van der Waals surface area (Å²) in [4.78, 5) is 25.4. The third-order valence-corrected chi connectivity index (χ3v) is 4.70. The van der Waals surface area contributed by atoms with Crippen molar-refractivity contribution in [3.63, 3.8) is 0 Å². The van der Waals surface area contributed by atoms with Gasteiger partial charge in [-0.1, -0.05) is 0 Å². The number of piperazine rings is 1. The number of halogens is 3. The Labute approximate surface area is 142 Å². The van der Waals surface area contributed by atoms with Crippen LogP contribution in [0.2, 0.25) is 0 Å². The highest BCUT2D eigenvalue weighted by Gasteiger charge is 2.40. The molecule has 0 aromatic carbocycles. The third-order valence-electron chi connectivity index (χ3n) is 4.70. The van der Waals surface area contributed by atoms with Gasteiger partial charge in [-0.2, -0.15) is 18.3 Å². The van der Waals surface area contributed by atoms with Crippen molar-refractivity contribution in [2.24, 2.45) is 5.73 Å². The lowest BCUT2D eigenvalue weighted by molar-refractivity contribution is -0.143. The lowest BCUT2D eigenvalue weighted by Gasteiger charge is -2.34. The van der Waals surface area contributed by atoms with Gasteiger partial charge in [0.05, 0.1) is 0 Å². The van der Waals surface area contributed by atoms with E-state index in [1.807, 2.05) is 0 Å². The number of carbonyl (C=O) groups is 2. The fourth-order valence-corrected chi connectivity index (χ4v) is 3.51. The van der Waals surface area contributed by atoms with Crippen molar-refractivity contribution >= 4 is 11.8 Å². The molecule has 1 fully saturated rings. The van der Waals surface area contributed by atoms with E-state index in [-0.39, 0.29) is 25.2 Å². The van der Waals surface area contributed by atoms with Gasteiger partial charge in [0.1, 0.15) is 12.6 Å². The number of hydrogen-bond donors (Lipinski definition) is 2. The third kappa shape index (κ3) is 3.48. The molecule has 2 aliphatic rings. The summed E-state index contributed by atoms with van der Waals surface area (Å²) in [5.74, 6) is -1.09. The predicted octanol–water partition coefficient (Wildman–Crippen LogP) is 0.0664. The van der Waals surface area contributed by atoms with Crippen LogP contribution in [0.15, 0.2) is 0 Å². The smallest absolute Gasteiger partial charge is 0.368 e. The summed E-state index contributed by atoms with van der Waals surface area (Å²) in [7, 11) is 0. The molecule has 1 saturated heterocycles. The predicted molar refractivity (Wildman–Crippen MR) is 81.4 cm³/mol. The molecule has 25 heavy (non-hydrogen) atoms. The van der Waals surface area contributed by atoms with Gasteiger partial charge in [-0.3, -0.25) is 14.3 Å². The minimum atomic E-state index is -4.54. The number of nitrogens with one attached hydrogen (secondary N) is 1. The zero-order chi connectivity index (χ0) is 18.2. The SMILES string of the molecule is NC(=O)C1CNCCN1C(=O)Cn1nc(C(F)(F)F)c2c1CCCC2. The molecule has 138 valence electrons. The van der Waals surface area contributed by atoms with Crippen LogP contribution in [-0.4, -0.2) is 52.2 Å². The molecule has 0 spiro atoms. The van der Waals surface area contributed by atoms with Gasteiger partial charge in [-0.25, -0.2) is 0 Å². The van der Waals surface area contributed by atoms with E-state index in [4.69, 9.17) is 5.73 Å². The van der Waals surface area contributed by atoms with Crippen molar-refractivity contribution in [1.82, 2.24) is 20.0 Å². The van der Waals surface area contributed by atoms with Crippen LogP contribution in [-0.2, 0) is 35.2 Å². The summed E-state index contributed by atoms with van der Waals surface area (Å²) in [6.07, 6.45) is -2.32. The van der Waals surface area contributed by atoms with E-state index < -0.39 is 29.7 Å². The van der Waals surface area contributed by atoms with Crippen LogP contribution in [0.3, 0.4) is 0 Å². The number of nitrogens with zero attached hydrogens (tertiary/aromatic N) is 3. The van der Waals surface area contributed by atoms with Crippen LogP contribution >= 0.6 is 0 Å². The van der Waals surface area contributed by atoms with Crippen LogP contribution in [0.25, 0.3) is 0 Å². The minimum absolute atomic E-state index is 0.193. The molecule has 0 saturated carbocycles. The molecule has 2 amide bonds. The van der Waals surface area contributed by atoms with Gasteiger partial charge in [0.25, 0.3) is 0 Å². The summed E-state index contributed by atoms with van der Waals surface area (Å²) in [5.41, 5.74) is 5.08. The highest BCUT2D eigenvalue weighted by Crippen LogP contribution is 2.35. The molecular weight excluding hydrogens is 339 g/mol. The number of carbonyl (C=O) groups excluding carboxylic acids is 2. The molecule has 0 bridgehead atoms. The Morgan fingerprint density at radius 1 is 1.28 bits per heavy atom. The number of hydrogen-bond acceptors (Lipinski definition) is 4. The second kappa shape index (κ2) is 6.66. The lowest BCUT2D eigenvalue weighted by atomic mass is 9.95. The summed E-state index contributed by atoms with van der Waals surface area (Å²) < 4.78 is 40.8. The van der Waals surface area contributed by atoms with Gasteiger partial charge in [-0.15, -0.1) is 0 Å². The van der Waals surface area contributed by atoms with Gasteiger partial charge in [0.15, 0.2) is 5.69 Å². The monoisotopic (exact) mass is 359 g/mol. The second-order valence-electron chi connectivity index (χ2n) is 6.35. The first-order valence-electron chi connectivity index (χ1n) is 8.24. The molecular formula is C15H20F3N5O2. The molecule has 2 heterocycles. The normalized spacial score (nSPS) is 21.1. The van der Waals surface area contributed by atoms with E-state index in [1.54, 1.807) is 0 Å². The van der Waals surface area contributed by atoms with E-state index in [0.29, 0.717) is 31.5 Å². The van der Waals surface area contributed by atoms with Gasteiger partial charge in [0, 0.05) is 30.9 Å². The number of aromatic nitrogens is 2. The fraction of sp³-hybridized carbons (Fsp3) is 0.667. The molecule has 1 aromatic rings. The quantitative estimate of drug-likeness (QED) is 0.799. The van der Waals surface area contributed by atoms with E-state index >= 15 is 0 Å². The molecule has 10 heteroatoms. The Kier molecular flexibility index (Phi) is 4.72. The first kappa shape index (κ1) is 17.7. The summed E-state index contributed by atoms with van der Waals surface area (Å²) in [6, 6.07) is -0.797. The van der Waals surface area contributed by atoms with E-state index in [9.17, 15) is 22.8 Å². The summed E-state index contributed by atoms with van der Waals surface area (Å²) in [5, 5.41) is 6.65. The highest BCUT2D eigenvalue weighted by atomic mass is 19.4. The molecule has 1 aromatic heterocycles. The van der Waals surface area contributed by atoms with Crippen molar-refractivity contribution in [2.45, 2.75) is 44.4 Å². The number of primary amides is 1. The number of amides is 2. The van der Waals surface area contributed by atoms with Gasteiger partial charge in [0.2, 0.25) is 11.8 Å². The van der Waals surface area contributed by atoms with E-state index in [2.05, 4.69) is 10.4 Å². The first-order valence-corrected chi connectivity index (χ1v) is 8.24. The van der Waals surface area contributed by atoms with E-state index in [0.717, 1.165) is 11.1 Å². The first-order chi connectivity index (χ1) is 11.8. The van der Waals surface area contributed by atoms with Gasteiger partial charge in [-0.05, 0) is 25.7 Å². The number of fused-ring (bicyclic) bond motifs is 1. The molecule has 1 atom stereocenters. The lowest BCUT2D eigenvalue weighted by Crippen LogP contribution is -2.59. The molecule has 3 rings (SSSR count). The second-order valence-corrected chi connectivity index (χ2v) is 6.35. The zero-order valence-corrected chi connectivity index (χ0v) is 13.6. The number of alkyl halides is 3. The van der Waals surface area contributed by atoms with Crippen molar-refractivity contribution in [3.05, 3.63) is 17.0 Å². The molecule has 1 unspecified atom stereocenters. The molecule has 0 radical (unpaired) electrons. The van der Waals surface area contributed by atoms with Crippen molar-refractivity contribution < 1.29 is 22.8 Å². The molecule has 1 aliphatic carbocycles. The van der Waals surface area contributed by atoms with Crippen LogP contribution in [0.4, 0.5) is 13.2 Å². The van der Waals surface area contributed by atoms with E-state index in [1.165, 1.54) is 4.90 Å². The maximum Gasteiger partial charge on any atom is 0.435 e.